The summed E-state index contributed by atoms with van der Waals surface area (Å²) in [6, 6.07) is 21.1. The van der Waals surface area contributed by atoms with Gasteiger partial charge in [0.25, 0.3) is 5.91 Å². The van der Waals surface area contributed by atoms with Crippen molar-refractivity contribution in [2.45, 2.75) is 11.5 Å². The number of hydrogen-bond acceptors (Lipinski definition) is 7. The fraction of sp³-hybridized carbons (Fsp3) is 0.174. The van der Waals surface area contributed by atoms with E-state index in [1.165, 1.54) is 32.3 Å². The van der Waals surface area contributed by atoms with Crippen molar-refractivity contribution in [1.82, 2.24) is 19.5 Å². The molecule has 0 aliphatic rings. The van der Waals surface area contributed by atoms with Crippen LogP contribution in [-0.4, -0.2) is 54.5 Å². The van der Waals surface area contributed by atoms with Crippen LogP contribution in [0.15, 0.2) is 77.7 Å². The lowest BCUT2D eigenvalue weighted by atomic mass is 10.2. The lowest BCUT2D eigenvalue weighted by molar-refractivity contribution is -0.121. The highest BCUT2D eigenvalue weighted by Crippen LogP contribution is 2.19. The highest BCUT2D eigenvalue weighted by Gasteiger charge is 2.19. The van der Waals surface area contributed by atoms with Gasteiger partial charge in [-0.2, -0.15) is 0 Å². The lowest BCUT2D eigenvalue weighted by Crippen LogP contribution is -2.26. The van der Waals surface area contributed by atoms with Crippen LogP contribution in [0.3, 0.4) is 0 Å². The lowest BCUT2D eigenvalue weighted by Gasteiger charge is -2.11. The van der Waals surface area contributed by atoms with Crippen molar-refractivity contribution in [3.63, 3.8) is 0 Å². The Kier molecular flexibility index (Phi) is 6.75. The molecule has 0 saturated carbocycles. The summed E-state index contributed by atoms with van der Waals surface area (Å²) in [7, 11) is -0.755. The Labute approximate surface area is 196 Å². The Balaban J connectivity index is 1.35. The summed E-state index contributed by atoms with van der Waals surface area (Å²) in [5.74, 6) is 0.259. The number of benzene rings is 3. The van der Waals surface area contributed by atoms with Gasteiger partial charge in [0.2, 0.25) is 10.0 Å². The van der Waals surface area contributed by atoms with E-state index in [-0.39, 0.29) is 11.5 Å². The monoisotopic (exact) mass is 481 g/mol. The summed E-state index contributed by atoms with van der Waals surface area (Å²) >= 11 is 0. The van der Waals surface area contributed by atoms with Crippen molar-refractivity contribution in [1.29, 1.82) is 0 Å². The standard InChI is InChI=1S/C23H23N5O5S/c1-27(2)34(30,31)20-12-13-21-22(14-20)28(26-25-21)33-16-23(29)24-18-8-10-19(11-9-18)32-15-17-6-4-3-5-7-17/h3-14H,15-16H2,1-2H3,(H,24,29). The number of carbonyl (C=O) groups is 1. The van der Waals surface area contributed by atoms with Gasteiger partial charge in [-0.3, -0.25) is 4.79 Å². The summed E-state index contributed by atoms with van der Waals surface area (Å²) in [5, 5.41) is 10.5. The first-order chi connectivity index (χ1) is 16.3. The van der Waals surface area contributed by atoms with Crippen molar-refractivity contribution in [2.24, 2.45) is 0 Å². The first-order valence-electron chi connectivity index (χ1n) is 10.3. The molecule has 0 atom stereocenters. The van der Waals surface area contributed by atoms with Crippen LogP contribution in [0, 0.1) is 0 Å². The second-order valence-corrected chi connectivity index (χ2v) is 9.67. The first kappa shape index (κ1) is 23.2. The molecule has 0 saturated heterocycles. The van der Waals surface area contributed by atoms with Crippen LogP contribution in [0.25, 0.3) is 11.0 Å². The normalized spacial score (nSPS) is 11.5. The van der Waals surface area contributed by atoms with E-state index in [9.17, 15) is 13.2 Å². The van der Waals surface area contributed by atoms with E-state index < -0.39 is 15.9 Å². The second kappa shape index (κ2) is 9.89. The average Bonchev–Trinajstić information content (AvgIpc) is 3.25. The van der Waals surface area contributed by atoms with E-state index in [0.717, 1.165) is 14.7 Å². The van der Waals surface area contributed by atoms with Crippen LogP contribution in [0.1, 0.15) is 5.56 Å². The van der Waals surface area contributed by atoms with E-state index in [4.69, 9.17) is 9.57 Å². The van der Waals surface area contributed by atoms with E-state index >= 15 is 0 Å². The molecule has 1 heterocycles. The number of nitrogens with zero attached hydrogens (tertiary/aromatic N) is 4. The number of rotatable bonds is 9. The van der Waals surface area contributed by atoms with Crippen LogP contribution in [-0.2, 0) is 21.4 Å². The Morgan fingerprint density at radius 2 is 1.76 bits per heavy atom. The molecule has 0 unspecified atom stereocenters. The predicted octanol–water partition coefficient (Wildman–Crippen LogP) is 2.33. The molecule has 4 aromatic rings. The number of ether oxygens (including phenoxy) is 1. The Bertz CT molecular complexity index is 1390. The smallest absolute Gasteiger partial charge is 0.265 e. The zero-order chi connectivity index (χ0) is 24.1. The summed E-state index contributed by atoms with van der Waals surface area (Å²) < 4.78 is 31.6. The molecule has 10 nitrogen and oxygen atoms in total. The summed E-state index contributed by atoms with van der Waals surface area (Å²) in [4.78, 5) is 18.9. The SMILES string of the molecule is CN(C)S(=O)(=O)c1ccc2nnn(OCC(=O)Nc3ccc(OCc4ccccc4)cc3)c2c1. The van der Waals surface area contributed by atoms with Crippen LogP contribution in [0.2, 0.25) is 0 Å². The van der Waals surface area contributed by atoms with Crippen molar-refractivity contribution >= 4 is 32.7 Å². The van der Waals surface area contributed by atoms with Gasteiger partial charge < -0.3 is 14.9 Å². The molecular formula is C23H23N5O5S. The Hall–Kier alpha value is -3.96. The van der Waals surface area contributed by atoms with E-state index in [2.05, 4.69) is 15.6 Å². The average molecular weight is 482 g/mol. The third kappa shape index (κ3) is 5.33. The predicted molar refractivity (Wildman–Crippen MR) is 126 cm³/mol. The number of carbonyl (C=O) groups excluding carboxylic acids is 1. The first-order valence-corrected chi connectivity index (χ1v) is 11.7. The maximum Gasteiger partial charge on any atom is 0.265 e. The third-order valence-corrected chi connectivity index (χ3v) is 6.68. The molecule has 3 aromatic carbocycles. The topological polar surface area (TPSA) is 116 Å². The number of nitrogens with one attached hydrogen (secondary N) is 1. The molecule has 1 N–H and O–H groups in total. The van der Waals surface area contributed by atoms with Gasteiger partial charge in [-0.05, 0) is 53.2 Å². The molecule has 0 bridgehead atoms. The number of anilines is 1. The largest absolute Gasteiger partial charge is 0.489 e. The molecule has 0 radical (unpaired) electrons. The van der Waals surface area contributed by atoms with Gasteiger partial charge in [0.05, 0.1) is 4.90 Å². The maximum absolute atomic E-state index is 12.4. The quantitative estimate of drug-likeness (QED) is 0.390. The van der Waals surface area contributed by atoms with Crippen LogP contribution < -0.4 is 14.9 Å². The number of amides is 1. The number of sulfonamides is 1. The third-order valence-electron chi connectivity index (χ3n) is 4.87. The van der Waals surface area contributed by atoms with Gasteiger partial charge >= 0.3 is 0 Å². The Morgan fingerprint density at radius 3 is 2.47 bits per heavy atom. The van der Waals surface area contributed by atoms with Crippen molar-refractivity contribution in [2.75, 3.05) is 26.0 Å². The van der Waals surface area contributed by atoms with Gasteiger partial charge in [-0.1, -0.05) is 35.2 Å². The van der Waals surface area contributed by atoms with Crippen LogP contribution in [0.5, 0.6) is 5.75 Å². The summed E-state index contributed by atoms with van der Waals surface area (Å²) in [6.07, 6.45) is 0. The molecule has 1 aromatic heterocycles. The van der Waals surface area contributed by atoms with Gasteiger partial charge in [0.15, 0.2) is 6.61 Å². The Morgan fingerprint density at radius 1 is 1.03 bits per heavy atom. The van der Waals surface area contributed by atoms with Crippen molar-refractivity contribution in [3.05, 3.63) is 78.4 Å². The molecule has 34 heavy (non-hydrogen) atoms. The van der Waals surface area contributed by atoms with Crippen LogP contribution in [0.4, 0.5) is 5.69 Å². The molecule has 0 fully saturated rings. The molecular weight excluding hydrogens is 458 g/mol. The van der Waals surface area contributed by atoms with Crippen LogP contribution >= 0.6 is 0 Å². The number of fused-ring (bicyclic) bond motifs is 1. The minimum absolute atomic E-state index is 0.0659. The number of hydrogen-bond donors (Lipinski definition) is 1. The van der Waals surface area contributed by atoms with Crippen molar-refractivity contribution in [3.8, 4) is 5.75 Å². The molecule has 0 aliphatic heterocycles. The van der Waals surface area contributed by atoms with Gasteiger partial charge in [-0.25, -0.2) is 12.7 Å². The minimum Gasteiger partial charge on any atom is -0.489 e. The molecule has 11 heteroatoms. The fourth-order valence-corrected chi connectivity index (χ4v) is 3.96. The van der Waals surface area contributed by atoms with E-state index in [1.54, 1.807) is 24.3 Å². The summed E-state index contributed by atoms with van der Waals surface area (Å²) in [6.45, 7) is 0.0964. The van der Waals surface area contributed by atoms with Gasteiger partial charge in [0, 0.05) is 19.8 Å². The zero-order valence-corrected chi connectivity index (χ0v) is 19.4. The van der Waals surface area contributed by atoms with Crippen molar-refractivity contribution < 1.29 is 22.8 Å². The molecule has 4 rings (SSSR count). The van der Waals surface area contributed by atoms with E-state index in [0.29, 0.717) is 29.1 Å². The minimum atomic E-state index is -3.64. The maximum atomic E-state index is 12.4. The molecule has 0 aliphatic carbocycles. The molecule has 1 amide bonds. The highest BCUT2D eigenvalue weighted by atomic mass is 32.2. The fourth-order valence-electron chi connectivity index (χ4n) is 3.04. The molecule has 176 valence electrons. The van der Waals surface area contributed by atoms with E-state index in [1.807, 2.05) is 30.3 Å². The van der Waals surface area contributed by atoms with Gasteiger partial charge in [-0.15, -0.1) is 5.10 Å². The highest BCUT2D eigenvalue weighted by molar-refractivity contribution is 7.89. The van der Waals surface area contributed by atoms with Gasteiger partial charge in [0.1, 0.15) is 23.4 Å². The summed E-state index contributed by atoms with van der Waals surface area (Å²) in [5.41, 5.74) is 2.40. The second-order valence-electron chi connectivity index (χ2n) is 7.52. The molecule has 0 spiro atoms. The zero-order valence-electron chi connectivity index (χ0n) is 18.6. The number of aromatic nitrogens is 3.